The first-order valence-electron chi connectivity index (χ1n) is 6.08. The van der Waals surface area contributed by atoms with E-state index in [0.29, 0.717) is 17.8 Å². The van der Waals surface area contributed by atoms with E-state index in [2.05, 4.69) is 4.98 Å². The molecule has 0 saturated carbocycles. The van der Waals surface area contributed by atoms with E-state index in [4.69, 9.17) is 5.11 Å². The van der Waals surface area contributed by atoms with Crippen molar-refractivity contribution in [1.29, 1.82) is 0 Å². The molecule has 1 aromatic rings. The van der Waals surface area contributed by atoms with Crippen LogP contribution in [-0.2, 0) is 4.79 Å². The molecule has 0 aliphatic carbocycles. The number of aliphatic carboxylic acids is 1. The Balaban J connectivity index is 2.83. The number of Topliss-reactive ketones (excluding diaryl/α,β-unsaturated/α-hetero) is 1. The normalized spacial score (nSPS) is 11.9. The number of carbonyl (C=O) groups excluding carboxylic acids is 2. The second-order valence-corrected chi connectivity index (χ2v) is 4.44. The third-order valence-corrected chi connectivity index (χ3v) is 2.90. The maximum Gasteiger partial charge on any atom is 0.308 e. The Morgan fingerprint density at radius 2 is 2.05 bits per heavy atom. The Bertz CT molecular complexity index is 493. The largest absolute Gasteiger partial charge is 0.481 e. The molecule has 1 heterocycles. The molecule has 1 aromatic heterocycles. The number of nitrogens with one attached hydrogen (secondary N) is 1. The SMILES string of the molecule is CCN(CC(C)C(=O)O)C(=O)c1cc(C(C)=O)c[nH]1. The fourth-order valence-corrected chi connectivity index (χ4v) is 1.66. The first-order valence-corrected chi connectivity index (χ1v) is 6.08. The lowest BCUT2D eigenvalue weighted by Gasteiger charge is -2.22. The van der Waals surface area contributed by atoms with E-state index in [1.165, 1.54) is 24.1 Å². The van der Waals surface area contributed by atoms with Crippen LogP contribution in [0.3, 0.4) is 0 Å². The number of aromatic amines is 1. The third-order valence-electron chi connectivity index (χ3n) is 2.90. The summed E-state index contributed by atoms with van der Waals surface area (Å²) in [7, 11) is 0. The molecule has 0 aromatic carbocycles. The second-order valence-electron chi connectivity index (χ2n) is 4.44. The average Bonchev–Trinajstić information content (AvgIpc) is 2.84. The van der Waals surface area contributed by atoms with Crippen LogP contribution in [0.2, 0.25) is 0 Å². The van der Waals surface area contributed by atoms with Crippen LogP contribution in [0.1, 0.15) is 41.6 Å². The number of hydrogen-bond donors (Lipinski definition) is 2. The summed E-state index contributed by atoms with van der Waals surface area (Å²) < 4.78 is 0. The van der Waals surface area contributed by atoms with Crippen molar-refractivity contribution in [1.82, 2.24) is 9.88 Å². The lowest BCUT2D eigenvalue weighted by atomic mass is 10.1. The number of rotatable bonds is 6. The molecule has 1 rings (SSSR count). The third kappa shape index (κ3) is 3.67. The minimum Gasteiger partial charge on any atom is -0.481 e. The molecule has 0 aliphatic heterocycles. The maximum absolute atomic E-state index is 12.2. The standard InChI is InChI=1S/C13H18N2O4/c1-4-15(7-8(2)13(18)19)12(17)11-5-10(6-14-11)9(3)16/h5-6,8,14H,4,7H2,1-3H3,(H,18,19). The van der Waals surface area contributed by atoms with E-state index in [9.17, 15) is 14.4 Å². The van der Waals surface area contributed by atoms with E-state index < -0.39 is 11.9 Å². The molecule has 1 amide bonds. The van der Waals surface area contributed by atoms with Crippen LogP contribution >= 0.6 is 0 Å². The van der Waals surface area contributed by atoms with Crippen LogP contribution in [0.25, 0.3) is 0 Å². The second kappa shape index (κ2) is 6.17. The Morgan fingerprint density at radius 3 is 2.47 bits per heavy atom. The van der Waals surface area contributed by atoms with Crippen molar-refractivity contribution < 1.29 is 19.5 Å². The Morgan fingerprint density at radius 1 is 1.42 bits per heavy atom. The molecule has 0 spiro atoms. The fourth-order valence-electron chi connectivity index (χ4n) is 1.66. The van der Waals surface area contributed by atoms with Crippen molar-refractivity contribution in [3.05, 3.63) is 23.5 Å². The van der Waals surface area contributed by atoms with Gasteiger partial charge in [0.25, 0.3) is 5.91 Å². The van der Waals surface area contributed by atoms with Gasteiger partial charge < -0.3 is 15.0 Å². The van der Waals surface area contributed by atoms with Gasteiger partial charge in [-0.2, -0.15) is 0 Å². The topological polar surface area (TPSA) is 90.5 Å². The highest BCUT2D eigenvalue weighted by molar-refractivity contribution is 5.99. The zero-order valence-corrected chi connectivity index (χ0v) is 11.3. The first kappa shape index (κ1) is 14.9. The van der Waals surface area contributed by atoms with Crippen molar-refractivity contribution in [3.63, 3.8) is 0 Å². The number of ketones is 1. The highest BCUT2D eigenvalue weighted by atomic mass is 16.4. The van der Waals surface area contributed by atoms with Crippen LogP contribution in [-0.4, -0.2) is 45.7 Å². The number of H-pyrrole nitrogens is 1. The lowest BCUT2D eigenvalue weighted by Crippen LogP contribution is -2.36. The summed E-state index contributed by atoms with van der Waals surface area (Å²) in [6, 6.07) is 1.48. The molecule has 104 valence electrons. The summed E-state index contributed by atoms with van der Waals surface area (Å²) in [5, 5.41) is 8.87. The summed E-state index contributed by atoms with van der Waals surface area (Å²) >= 11 is 0. The minimum absolute atomic E-state index is 0.128. The molecule has 0 aliphatic rings. The summed E-state index contributed by atoms with van der Waals surface area (Å²) in [5.41, 5.74) is 0.732. The van der Waals surface area contributed by atoms with Gasteiger partial charge in [0.05, 0.1) is 5.92 Å². The van der Waals surface area contributed by atoms with Gasteiger partial charge in [0, 0.05) is 24.8 Å². The molecular formula is C13H18N2O4. The molecule has 0 radical (unpaired) electrons. The molecule has 2 N–H and O–H groups in total. The van der Waals surface area contributed by atoms with Gasteiger partial charge in [-0.25, -0.2) is 0 Å². The minimum atomic E-state index is -0.942. The van der Waals surface area contributed by atoms with Gasteiger partial charge in [-0.15, -0.1) is 0 Å². The predicted molar refractivity (Wildman–Crippen MR) is 69.2 cm³/mol. The number of hydrogen-bond acceptors (Lipinski definition) is 3. The molecule has 0 saturated heterocycles. The molecule has 1 unspecified atom stereocenters. The van der Waals surface area contributed by atoms with Gasteiger partial charge in [-0.3, -0.25) is 14.4 Å². The monoisotopic (exact) mass is 266 g/mol. The van der Waals surface area contributed by atoms with E-state index >= 15 is 0 Å². The molecular weight excluding hydrogens is 248 g/mol. The quantitative estimate of drug-likeness (QED) is 0.761. The zero-order chi connectivity index (χ0) is 14.6. The van der Waals surface area contributed by atoms with E-state index in [0.717, 1.165) is 0 Å². The van der Waals surface area contributed by atoms with Gasteiger partial charge in [0.2, 0.25) is 0 Å². The van der Waals surface area contributed by atoms with Gasteiger partial charge in [0.15, 0.2) is 5.78 Å². The molecule has 6 heteroatoms. The lowest BCUT2D eigenvalue weighted by molar-refractivity contribution is -0.141. The van der Waals surface area contributed by atoms with E-state index in [-0.39, 0.29) is 18.2 Å². The number of amides is 1. The van der Waals surface area contributed by atoms with E-state index in [1.807, 2.05) is 0 Å². The number of carboxylic acid groups (broad SMARTS) is 1. The Hall–Kier alpha value is -2.11. The first-order chi connectivity index (χ1) is 8.86. The summed E-state index contributed by atoms with van der Waals surface area (Å²) in [6.45, 7) is 5.29. The van der Waals surface area contributed by atoms with Crippen molar-refractivity contribution in [2.24, 2.45) is 5.92 Å². The average molecular weight is 266 g/mol. The van der Waals surface area contributed by atoms with Gasteiger partial charge >= 0.3 is 5.97 Å². The Kier molecular flexibility index (Phi) is 4.86. The van der Waals surface area contributed by atoms with Gasteiger partial charge in [0.1, 0.15) is 5.69 Å². The van der Waals surface area contributed by atoms with Crippen molar-refractivity contribution in [2.75, 3.05) is 13.1 Å². The Labute approximate surface area is 111 Å². The van der Waals surface area contributed by atoms with Crippen molar-refractivity contribution in [3.8, 4) is 0 Å². The highest BCUT2D eigenvalue weighted by Crippen LogP contribution is 2.09. The maximum atomic E-state index is 12.2. The molecule has 0 bridgehead atoms. The summed E-state index contributed by atoms with van der Waals surface area (Å²) in [4.78, 5) is 38.3. The van der Waals surface area contributed by atoms with Crippen molar-refractivity contribution >= 4 is 17.7 Å². The summed E-state index contributed by atoms with van der Waals surface area (Å²) in [6.07, 6.45) is 1.48. The molecule has 6 nitrogen and oxygen atoms in total. The zero-order valence-electron chi connectivity index (χ0n) is 11.3. The number of carboxylic acids is 1. The van der Waals surface area contributed by atoms with Gasteiger partial charge in [-0.1, -0.05) is 6.92 Å². The number of carbonyl (C=O) groups is 3. The van der Waals surface area contributed by atoms with Crippen LogP contribution in [0.15, 0.2) is 12.3 Å². The predicted octanol–water partition coefficient (Wildman–Crippen LogP) is 1.40. The van der Waals surface area contributed by atoms with Crippen LogP contribution < -0.4 is 0 Å². The van der Waals surface area contributed by atoms with Crippen LogP contribution in [0.5, 0.6) is 0 Å². The van der Waals surface area contributed by atoms with Crippen molar-refractivity contribution in [2.45, 2.75) is 20.8 Å². The molecule has 19 heavy (non-hydrogen) atoms. The fraction of sp³-hybridized carbons (Fsp3) is 0.462. The highest BCUT2D eigenvalue weighted by Gasteiger charge is 2.21. The van der Waals surface area contributed by atoms with Crippen LogP contribution in [0.4, 0.5) is 0 Å². The number of nitrogens with zero attached hydrogens (tertiary/aromatic N) is 1. The molecule has 1 atom stereocenters. The summed E-state index contributed by atoms with van der Waals surface area (Å²) in [5.74, 6) is -2.01. The smallest absolute Gasteiger partial charge is 0.308 e. The van der Waals surface area contributed by atoms with Crippen LogP contribution in [0, 0.1) is 5.92 Å². The van der Waals surface area contributed by atoms with E-state index in [1.54, 1.807) is 13.8 Å². The van der Waals surface area contributed by atoms with Gasteiger partial charge in [-0.05, 0) is 19.9 Å². The number of aromatic nitrogens is 1. The molecule has 0 fully saturated rings.